The lowest BCUT2D eigenvalue weighted by atomic mass is 10.0. The van der Waals surface area contributed by atoms with Gasteiger partial charge < -0.3 is 14.6 Å². The van der Waals surface area contributed by atoms with Crippen molar-refractivity contribution in [3.8, 4) is 0 Å². The molecular weight excluding hydrogens is 276 g/mol. The molecule has 0 spiro atoms. The molecule has 2 fully saturated rings. The van der Waals surface area contributed by atoms with Gasteiger partial charge in [-0.05, 0) is 37.4 Å². The number of aromatic amines is 1. The summed E-state index contributed by atoms with van der Waals surface area (Å²) < 4.78 is 8.08. The minimum atomic E-state index is -0.296. The topological polar surface area (TPSA) is 71.9 Å². The Bertz CT molecular complexity index is 549. The molecule has 2 aliphatic rings. The highest BCUT2D eigenvalue weighted by atomic mass is 32.1. The smallest absolute Gasteiger partial charge is 0.249 e. The number of carbonyl (C=O) groups is 1. The number of hydrogen-bond acceptors (Lipinski definition) is 4. The first-order valence-electron chi connectivity index (χ1n) is 7.21. The lowest BCUT2D eigenvalue weighted by molar-refractivity contribution is -0.131. The molecule has 0 unspecified atom stereocenters. The van der Waals surface area contributed by atoms with Crippen molar-refractivity contribution in [3.63, 3.8) is 0 Å². The summed E-state index contributed by atoms with van der Waals surface area (Å²) in [5.41, 5.74) is 0. The van der Waals surface area contributed by atoms with Crippen LogP contribution in [0.5, 0.6) is 0 Å². The third-order valence-electron chi connectivity index (χ3n) is 4.01. The predicted molar refractivity (Wildman–Crippen MR) is 75.9 cm³/mol. The largest absolute Gasteiger partial charge is 0.368 e. The number of H-pyrrole nitrogens is 1. The zero-order chi connectivity index (χ0) is 14.1. The molecule has 1 saturated heterocycles. The van der Waals surface area contributed by atoms with E-state index in [9.17, 15) is 4.79 Å². The molecule has 0 aromatic carbocycles. The van der Waals surface area contributed by atoms with Gasteiger partial charge in [0.15, 0.2) is 4.77 Å². The van der Waals surface area contributed by atoms with Gasteiger partial charge in [-0.3, -0.25) is 9.89 Å². The SMILES string of the molecule is C[C@H]1CCO[C@@H]1C(=O)NCCn1c(C2CC2)n[nH]c1=S. The number of aromatic nitrogens is 3. The standard InChI is InChI=1S/C13H20N4O2S/c1-8-4-7-19-10(8)12(18)14-5-6-17-11(9-2-3-9)15-16-13(17)20/h8-10H,2-7H2,1H3,(H,14,18)(H,16,20)/t8-,10-/m0/s1. The summed E-state index contributed by atoms with van der Waals surface area (Å²) in [7, 11) is 0. The van der Waals surface area contributed by atoms with Crippen molar-refractivity contribution >= 4 is 18.1 Å². The Morgan fingerprint density at radius 2 is 2.35 bits per heavy atom. The highest BCUT2D eigenvalue weighted by Gasteiger charge is 2.31. The summed E-state index contributed by atoms with van der Waals surface area (Å²) in [5, 5.41) is 10.0. The second-order valence-electron chi connectivity index (χ2n) is 5.66. The average Bonchev–Trinajstić information content (AvgIpc) is 3.08. The quantitative estimate of drug-likeness (QED) is 0.805. The van der Waals surface area contributed by atoms with Gasteiger partial charge in [-0.25, -0.2) is 0 Å². The van der Waals surface area contributed by atoms with E-state index in [-0.39, 0.29) is 12.0 Å². The molecule has 1 aliphatic carbocycles. The zero-order valence-corrected chi connectivity index (χ0v) is 12.4. The van der Waals surface area contributed by atoms with Gasteiger partial charge in [-0.2, -0.15) is 5.10 Å². The number of carbonyl (C=O) groups excluding carboxylic acids is 1. The molecule has 110 valence electrons. The third-order valence-corrected chi connectivity index (χ3v) is 4.32. The first-order valence-corrected chi connectivity index (χ1v) is 7.62. The lowest BCUT2D eigenvalue weighted by Gasteiger charge is -2.14. The van der Waals surface area contributed by atoms with Gasteiger partial charge in [0.25, 0.3) is 0 Å². The third kappa shape index (κ3) is 2.78. The first kappa shape index (κ1) is 13.8. The van der Waals surface area contributed by atoms with Crippen LogP contribution >= 0.6 is 12.2 Å². The Morgan fingerprint density at radius 1 is 1.55 bits per heavy atom. The number of hydrogen-bond donors (Lipinski definition) is 2. The van der Waals surface area contributed by atoms with Crippen LogP contribution in [0, 0.1) is 10.7 Å². The van der Waals surface area contributed by atoms with Crippen molar-refractivity contribution in [1.82, 2.24) is 20.1 Å². The highest BCUT2D eigenvalue weighted by Crippen LogP contribution is 2.38. The normalized spacial score (nSPS) is 25.9. The minimum Gasteiger partial charge on any atom is -0.368 e. The maximum atomic E-state index is 12.0. The number of nitrogens with one attached hydrogen (secondary N) is 2. The van der Waals surface area contributed by atoms with Crippen molar-refractivity contribution < 1.29 is 9.53 Å². The van der Waals surface area contributed by atoms with E-state index in [0.717, 1.165) is 12.2 Å². The van der Waals surface area contributed by atoms with Crippen LogP contribution in [0.3, 0.4) is 0 Å². The van der Waals surface area contributed by atoms with Gasteiger partial charge in [0, 0.05) is 25.6 Å². The number of ether oxygens (including phenoxy) is 1. The Hall–Kier alpha value is -1.21. The fourth-order valence-corrected chi connectivity index (χ4v) is 2.85. The molecular formula is C13H20N4O2S. The van der Waals surface area contributed by atoms with Crippen LogP contribution in [0.15, 0.2) is 0 Å². The van der Waals surface area contributed by atoms with E-state index in [1.54, 1.807) is 0 Å². The summed E-state index contributed by atoms with van der Waals surface area (Å²) in [6.45, 7) is 3.94. The molecule has 3 rings (SSSR count). The van der Waals surface area contributed by atoms with E-state index in [2.05, 4.69) is 22.4 Å². The van der Waals surface area contributed by atoms with Crippen LogP contribution in [0.2, 0.25) is 0 Å². The van der Waals surface area contributed by atoms with Gasteiger partial charge in [0.2, 0.25) is 5.91 Å². The van der Waals surface area contributed by atoms with Crippen molar-refractivity contribution in [2.75, 3.05) is 13.2 Å². The van der Waals surface area contributed by atoms with Gasteiger partial charge in [0.05, 0.1) is 0 Å². The molecule has 0 bridgehead atoms. The van der Waals surface area contributed by atoms with E-state index >= 15 is 0 Å². The van der Waals surface area contributed by atoms with Gasteiger partial charge >= 0.3 is 0 Å². The van der Waals surface area contributed by atoms with Crippen LogP contribution in [0.25, 0.3) is 0 Å². The Labute approximate surface area is 122 Å². The van der Waals surface area contributed by atoms with Crippen molar-refractivity contribution in [2.24, 2.45) is 5.92 Å². The molecule has 2 heterocycles. The number of nitrogens with zero attached hydrogens (tertiary/aromatic N) is 2. The first-order chi connectivity index (χ1) is 9.66. The molecule has 6 nitrogen and oxygen atoms in total. The fraction of sp³-hybridized carbons (Fsp3) is 0.769. The zero-order valence-electron chi connectivity index (χ0n) is 11.6. The van der Waals surface area contributed by atoms with E-state index < -0.39 is 0 Å². The maximum absolute atomic E-state index is 12.0. The molecule has 1 aliphatic heterocycles. The fourth-order valence-electron chi connectivity index (χ4n) is 2.62. The average molecular weight is 296 g/mol. The highest BCUT2D eigenvalue weighted by molar-refractivity contribution is 7.71. The monoisotopic (exact) mass is 296 g/mol. The molecule has 0 radical (unpaired) electrons. The van der Waals surface area contributed by atoms with Crippen LogP contribution in [-0.4, -0.2) is 39.9 Å². The van der Waals surface area contributed by atoms with Crippen molar-refractivity contribution in [3.05, 3.63) is 10.6 Å². The van der Waals surface area contributed by atoms with Crippen molar-refractivity contribution in [2.45, 2.75) is 44.8 Å². The molecule has 2 atom stereocenters. The van der Waals surface area contributed by atoms with Crippen molar-refractivity contribution in [1.29, 1.82) is 0 Å². The number of amides is 1. The maximum Gasteiger partial charge on any atom is 0.249 e. The predicted octanol–water partition coefficient (Wildman–Crippen LogP) is 1.36. The summed E-state index contributed by atoms with van der Waals surface area (Å²) in [6.07, 6.45) is 3.02. The molecule has 2 N–H and O–H groups in total. The summed E-state index contributed by atoms with van der Waals surface area (Å²) in [5.74, 6) is 1.85. The van der Waals surface area contributed by atoms with Crippen LogP contribution in [0.4, 0.5) is 0 Å². The Morgan fingerprint density at radius 3 is 3.00 bits per heavy atom. The molecule has 1 aromatic heterocycles. The second-order valence-corrected chi connectivity index (χ2v) is 6.05. The van der Waals surface area contributed by atoms with E-state index in [4.69, 9.17) is 17.0 Å². The van der Waals surface area contributed by atoms with Crippen LogP contribution in [0.1, 0.15) is 37.9 Å². The molecule has 1 saturated carbocycles. The van der Waals surface area contributed by atoms with Crippen LogP contribution in [-0.2, 0) is 16.1 Å². The molecule has 7 heteroatoms. The van der Waals surface area contributed by atoms with E-state index in [0.29, 0.717) is 36.3 Å². The summed E-state index contributed by atoms with van der Waals surface area (Å²) >= 11 is 5.23. The molecule has 1 aromatic rings. The van der Waals surface area contributed by atoms with Gasteiger partial charge in [-0.1, -0.05) is 6.92 Å². The van der Waals surface area contributed by atoms with Gasteiger partial charge in [-0.15, -0.1) is 0 Å². The molecule has 1 amide bonds. The lowest BCUT2D eigenvalue weighted by Crippen LogP contribution is -2.38. The Balaban J connectivity index is 1.54. The summed E-state index contributed by atoms with van der Waals surface area (Å²) in [4.78, 5) is 12.0. The second kappa shape index (κ2) is 5.65. The Kier molecular flexibility index (Phi) is 3.89. The minimum absolute atomic E-state index is 0.0158. The summed E-state index contributed by atoms with van der Waals surface area (Å²) in [6, 6.07) is 0. The van der Waals surface area contributed by atoms with Gasteiger partial charge in [0.1, 0.15) is 11.9 Å². The number of rotatable bonds is 5. The van der Waals surface area contributed by atoms with Crippen LogP contribution < -0.4 is 5.32 Å². The van der Waals surface area contributed by atoms with E-state index in [1.165, 1.54) is 12.8 Å². The van der Waals surface area contributed by atoms with E-state index in [1.807, 2.05) is 4.57 Å². The molecule has 20 heavy (non-hydrogen) atoms.